The number of likely N-dealkylation sites (tertiary alicyclic amines) is 1. The monoisotopic (exact) mass is 375 g/mol. The first-order valence-electron chi connectivity index (χ1n) is 5.93. The largest absolute Gasteiger partial charge is 0.283 e. The average Bonchev–Trinajstić information content (AvgIpc) is 2.49. The van der Waals surface area contributed by atoms with E-state index in [-0.39, 0.29) is 22.6 Å². The fourth-order valence-corrected chi connectivity index (χ4v) is 7.60. The van der Waals surface area contributed by atoms with Crippen LogP contribution >= 0.6 is 31.9 Å². The summed E-state index contributed by atoms with van der Waals surface area (Å²) in [6, 6.07) is 0. The maximum Gasteiger partial charge on any atom is 0.248 e. The Labute approximate surface area is 123 Å². The lowest BCUT2D eigenvalue weighted by Crippen LogP contribution is -2.86. The highest BCUT2D eigenvalue weighted by Crippen LogP contribution is 2.87. The van der Waals surface area contributed by atoms with Crippen molar-refractivity contribution in [2.45, 2.75) is 36.3 Å². The van der Waals surface area contributed by atoms with Crippen molar-refractivity contribution in [1.29, 1.82) is 0 Å². The molecule has 1 aliphatic heterocycles. The molecule has 98 valence electrons. The second-order valence-corrected chi connectivity index (χ2v) is 8.37. The molecule has 2 aliphatic carbocycles. The number of rotatable bonds is 0. The van der Waals surface area contributed by atoms with Crippen LogP contribution in [0, 0.1) is 10.8 Å². The Kier molecular flexibility index (Phi) is 2.00. The molecule has 0 aromatic carbocycles. The summed E-state index contributed by atoms with van der Waals surface area (Å²) in [6.45, 7) is 8.27. The van der Waals surface area contributed by atoms with Crippen LogP contribution in [0.15, 0.2) is 11.1 Å². The standard InChI is InChI=1S/C13H15Br2NO2/c1-6-7(2)11(4)10(6,3)12(14)8(17)16(5)9(18)13(11,12)15/h1-5H3/t10-,11+,12-,13+. The van der Waals surface area contributed by atoms with Crippen LogP contribution in [0.25, 0.3) is 0 Å². The van der Waals surface area contributed by atoms with Crippen molar-refractivity contribution in [1.82, 2.24) is 4.90 Å². The predicted molar refractivity (Wildman–Crippen MR) is 75.7 cm³/mol. The number of carbonyl (C=O) groups is 2. The summed E-state index contributed by atoms with van der Waals surface area (Å²) in [5, 5.41) is 0. The third-order valence-electron chi connectivity index (χ3n) is 6.11. The van der Waals surface area contributed by atoms with E-state index in [4.69, 9.17) is 0 Å². The van der Waals surface area contributed by atoms with Crippen LogP contribution in [0.1, 0.15) is 27.7 Å². The Bertz CT molecular complexity index is 523. The molecule has 3 aliphatic rings. The Balaban J connectivity index is 2.36. The van der Waals surface area contributed by atoms with Gasteiger partial charge in [-0.25, -0.2) is 0 Å². The molecular weight excluding hydrogens is 362 g/mol. The van der Waals surface area contributed by atoms with E-state index in [1.807, 2.05) is 0 Å². The number of hydrogen-bond donors (Lipinski definition) is 0. The molecule has 0 bridgehead atoms. The van der Waals surface area contributed by atoms with Crippen LogP contribution in [0.2, 0.25) is 0 Å². The number of hydrogen-bond acceptors (Lipinski definition) is 2. The van der Waals surface area contributed by atoms with Gasteiger partial charge in [0.25, 0.3) is 0 Å². The van der Waals surface area contributed by atoms with Gasteiger partial charge in [-0.2, -0.15) is 0 Å². The van der Waals surface area contributed by atoms with E-state index in [1.54, 1.807) is 7.05 Å². The van der Waals surface area contributed by atoms with Crippen LogP contribution < -0.4 is 0 Å². The fraction of sp³-hybridized carbons (Fsp3) is 0.692. The van der Waals surface area contributed by atoms with Crippen molar-refractivity contribution in [2.24, 2.45) is 10.8 Å². The molecule has 0 spiro atoms. The van der Waals surface area contributed by atoms with Gasteiger partial charge < -0.3 is 0 Å². The molecule has 0 aromatic heterocycles. The molecular formula is C13H15Br2NO2. The van der Waals surface area contributed by atoms with Crippen LogP contribution in [-0.4, -0.2) is 32.4 Å². The van der Waals surface area contributed by atoms with Crippen molar-refractivity contribution in [3.63, 3.8) is 0 Å². The molecule has 18 heavy (non-hydrogen) atoms. The third kappa shape index (κ3) is 0.676. The van der Waals surface area contributed by atoms with Crippen LogP contribution in [0.5, 0.6) is 0 Å². The molecule has 3 rings (SSSR count). The lowest BCUT2D eigenvalue weighted by molar-refractivity contribution is -0.150. The normalized spacial score (nSPS) is 54.1. The molecule has 5 heteroatoms. The maximum atomic E-state index is 12.5. The van der Waals surface area contributed by atoms with E-state index in [2.05, 4.69) is 59.6 Å². The fourth-order valence-electron chi connectivity index (χ4n) is 4.55. The topological polar surface area (TPSA) is 37.4 Å². The smallest absolute Gasteiger partial charge is 0.248 e. The average molecular weight is 377 g/mol. The first-order chi connectivity index (χ1) is 8.04. The van der Waals surface area contributed by atoms with E-state index >= 15 is 0 Å². The van der Waals surface area contributed by atoms with Gasteiger partial charge in [-0.1, -0.05) is 56.9 Å². The second kappa shape index (κ2) is 2.80. The molecule has 3 nitrogen and oxygen atoms in total. The number of fused-ring (bicyclic) bond motifs is 4. The highest BCUT2D eigenvalue weighted by Gasteiger charge is 2.95. The number of allylic oxidation sites excluding steroid dienone is 2. The van der Waals surface area contributed by atoms with Crippen molar-refractivity contribution in [3.8, 4) is 0 Å². The zero-order valence-corrected chi connectivity index (χ0v) is 14.2. The van der Waals surface area contributed by atoms with Crippen molar-refractivity contribution < 1.29 is 9.59 Å². The van der Waals surface area contributed by atoms with Gasteiger partial charge >= 0.3 is 0 Å². The lowest BCUT2D eigenvalue weighted by atomic mass is 9.29. The molecule has 2 amide bonds. The van der Waals surface area contributed by atoms with Gasteiger partial charge in [0.05, 0.1) is 0 Å². The summed E-state index contributed by atoms with van der Waals surface area (Å²) in [5.41, 5.74) is 1.83. The quantitative estimate of drug-likeness (QED) is 0.370. The summed E-state index contributed by atoms with van der Waals surface area (Å²) in [5.74, 6) is -0.285. The summed E-state index contributed by atoms with van der Waals surface area (Å²) >= 11 is 7.24. The minimum absolute atomic E-state index is 0.142. The lowest BCUT2D eigenvalue weighted by Gasteiger charge is -2.78. The SMILES string of the molecule is CC1=C(C)[C@]2(C)[C@@]1(C)[C@@]1(Br)C(=O)N(C)C(=O)[C@@]21Br. The zero-order chi connectivity index (χ0) is 13.9. The van der Waals surface area contributed by atoms with Gasteiger partial charge in [0.15, 0.2) is 0 Å². The summed E-state index contributed by atoms with van der Waals surface area (Å²) < 4.78 is -1.70. The van der Waals surface area contributed by atoms with Crippen molar-refractivity contribution >= 4 is 43.7 Å². The van der Waals surface area contributed by atoms with Crippen LogP contribution in [0.3, 0.4) is 0 Å². The van der Waals surface area contributed by atoms with Gasteiger partial charge in [0, 0.05) is 17.9 Å². The minimum atomic E-state index is -0.850. The maximum absolute atomic E-state index is 12.5. The van der Waals surface area contributed by atoms with Crippen molar-refractivity contribution in [3.05, 3.63) is 11.1 Å². The third-order valence-corrected chi connectivity index (χ3v) is 10.1. The van der Waals surface area contributed by atoms with Crippen LogP contribution in [-0.2, 0) is 9.59 Å². The number of imide groups is 1. The molecule has 0 unspecified atom stereocenters. The Hall–Kier alpha value is -0.160. The predicted octanol–water partition coefficient (Wildman–Crippen LogP) is 2.63. The van der Waals surface area contributed by atoms with Gasteiger partial charge in [-0.05, 0) is 13.8 Å². The zero-order valence-electron chi connectivity index (χ0n) is 11.0. The summed E-state index contributed by atoms with van der Waals surface area (Å²) in [7, 11) is 1.56. The Morgan fingerprint density at radius 1 is 0.889 bits per heavy atom. The molecule has 0 radical (unpaired) electrons. The van der Waals surface area contributed by atoms with Gasteiger partial charge in [-0.15, -0.1) is 0 Å². The first-order valence-corrected chi connectivity index (χ1v) is 7.52. The van der Waals surface area contributed by atoms with E-state index in [0.29, 0.717) is 0 Å². The van der Waals surface area contributed by atoms with Gasteiger partial charge in [-0.3, -0.25) is 14.5 Å². The number of alkyl halides is 2. The number of halogens is 2. The molecule has 1 heterocycles. The first kappa shape index (κ1) is 12.9. The number of amides is 2. The Morgan fingerprint density at radius 3 is 1.44 bits per heavy atom. The highest BCUT2D eigenvalue weighted by atomic mass is 79.9. The molecule has 0 N–H and O–H groups in total. The summed E-state index contributed by atoms with van der Waals surface area (Å²) in [4.78, 5) is 26.2. The number of nitrogens with zero attached hydrogens (tertiary/aromatic N) is 1. The molecule has 1 saturated carbocycles. The summed E-state index contributed by atoms with van der Waals surface area (Å²) in [6.07, 6.45) is 0. The van der Waals surface area contributed by atoms with Crippen LogP contribution in [0.4, 0.5) is 0 Å². The Morgan fingerprint density at radius 2 is 1.17 bits per heavy atom. The van der Waals surface area contributed by atoms with E-state index in [0.717, 1.165) is 0 Å². The molecule has 1 saturated heterocycles. The van der Waals surface area contributed by atoms with Gasteiger partial charge in [0.2, 0.25) is 11.8 Å². The molecule has 2 fully saturated rings. The second-order valence-electron chi connectivity index (χ2n) is 5.99. The molecule has 4 atom stereocenters. The van der Waals surface area contributed by atoms with E-state index in [9.17, 15) is 9.59 Å². The highest BCUT2D eigenvalue weighted by molar-refractivity contribution is 9.13. The van der Waals surface area contributed by atoms with Gasteiger partial charge in [0.1, 0.15) is 8.65 Å². The molecule has 0 aromatic rings. The van der Waals surface area contributed by atoms with E-state index in [1.165, 1.54) is 16.0 Å². The van der Waals surface area contributed by atoms with E-state index < -0.39 is 8.65 Å². The minimum Gasteiger partial charge on any atom is -0.283 e. The number of carbonyl (C=O) groups excluding carboxylic acids is 2. The van der Waals surface area contributed by atoms with Crippen molar-refractivity contribution in [2.75, 3.05) is 7.05 Å².